The van der Waals surface area contributed by atoms with Gasteiger partial charge in [-0.25, -0.2) is 4.39 Å². The fourth-order valence-corrected chi connectivity index (χ4v) is 3.13. The molecule has 3 rings (SSSR count). The molecule has 2 nitrogen and oxygen atoms in total. The monoisotopic (exact) mass is 284 g/mol. The fourth-order valence-electron chi connectivity index (χ4n) is 3.13. The molecule has 0 bridgehead atoms. The molecule has 1 unspecified atom stereocenters. The average molecular weight is 284 g/mol. The van der Waals surface area contributed by atoms with Crippen molar-refractivity contribution in [1.29, 1.82) is 0 Å². The Kier molecular flexibility index (Phi) is 4.32. The van der Waals surface area contributed by atoms with Crippen molar-refractivity contribution in [2.45, 2.75) is 25.6 Å². The molecule has 2 aromatic carbocycles. The van der Waals surface area contributed by atoms with Gasteiger partial charge in [-0.1, -0.05) is 36.4 Å². The number of hydrogen-bond donors (Lipinski definition) is 1. The lowest BCUT2D eigenvalue weighted by Gasteiger charge is -2.28. The van der Waals surface area contributed by atoms with E-state index in [9.17, 15) is 4.39 Å². The van der Waals surface area contributed by atoms with Gasteiger partial charge in [0.05, 0.1) is 0 Å². The van der Waals surface area contributed by atoms with Gasteiger partial charge in [0.1, 0.15) is 5.82 Å². The first kappa shape index (κ1) is 14.2. The van der Waals surface area contributed by atoms with Crippen LogP contribution in [0.5, 0.6) is 0 Å². The molecule has 0 fully saturated rings. The lowest BCUT2D eigenvalue weighted by molar-refractivity contribution is 0.226. The molecule has 1 aliphatic rings. The molecule has 110 valence electrons. The van der Waals surface area contributed by atoms with Crippen LogP contribution in [0.3, 0.4) is 0 Å². The number of halogens is 1. The third-order valence-corrected chi connectivity index (χ3v) is 4.18. The SMILES string of the molecule is CN(Cc1cccc(F)c1)C1CCNCc2ccccc21. The van der Waals surface area contributed by atoms with Gasteiger partial charge in [0.25, 0.3) is 0 Å². The predicted molar refractivity (Wildman–Crippen MR) is 83.4 cm³/mol. The molecule has 3 heteroatoms. The molecule has 2 aromatic rings. The molecule has 0 saturated heterocycles. The molecular weight excluding hydrogens is 263 g/mol. The largest absolute Gasteiger partial charge is 0.313 e. The van der Waals surface area contributed by atoms with Crippen LogP contribution in [0.25, 0.3) is 0 Å². The van der Waals surface area contributed by atoms with E-state index >= 15 is 0 Å². The van der Waals surface area contributed by atoms with Crippen LogP contribution in [0.4, 0.5) is 4.39 Å². The third-order valence-electron chi connectivity index (χ3n) is 4.18. The van der Waals surface area contributed by atoms with E-state index in [1.807, 2.05) is 6.07 Å². The fraction of sp³-hybridized carbons (Fsp3) is 0.333. The molecule has 0 amide bonds. The highest BCUT2D eigenvalue weighted by Gasteiger charge is 2.21. The number of nitrogens with zero attached hydrogens (tertiary/aromatic N) is 1. The number of hydrogen-bond acceptors (Lipinski definition) is 2. The molecule has 1 heterocycles. The maximum atomic E-state index is 13.3. The number of benzene rings is 2. The van der Waals surface area contributed by atoms with E-state index in [4.69, 9.17) is 0 Å². The second-order valence-electron chi connectivity index (χ2n) is 5.73. The van der Waals surface area contributed by atoms with Gasteiger partial charge in [0, 0.05) is 19.1 Å². The zero-order valence-electron chi connectivity index (χ0n) is 12.3. The van der Waals surface area contributed by atoms with Crippen LogP contribution in [0.15, 0.2) is 48.5 Å². The Bertz CT molecular complexity index is 612. The highest BCUT2D eigenvalue weighted by Crippen LogP contribution is 2.29. The minimum atomic E-state index is -0.163. The zero-order valence-corrected chi connectivity index (χ0v) is 12.3. The van der Waals surface area contributed by atoms with Crippen molar-refractivity contribution >= 4 is 0 Å². The normalized spacial score (nSPS) is 18.3. The van der Waals surface area contributed by atoms with Crippen LogP contribution in [-0.4, -0.2) is 18.5 Å². The Morgan fingerprint density at radius 1 is 1.19 bits per heavy atom. The summed E-state index contributed by atoms with van der Waals surface area (Å²) in [7, 11) is 2.12. The summed E-state index contributed by atoms with van der Waals surface area (Å²) < 4.78 is 13.3. The Morgan fingerprint density at radius 2 is 2.05 bits per heavy atom. The van der Waals surface area contributed by atoms with Gasteiger partial charge in [-0.15, -0.1) is 0 Å². The predicted octanol–water partition coefficient (Wildman–Crippen LogP) is 3.49. The summed E-state index contributed by atoms with van der Waals surface area (Å²) in [5, 5.41) is 3.47. The Morgan fingerprint density at radius 3 is 2.90 bits per heavy atom. The molecule has 1 aliphatic heterocycles. The lowest BCUT2D eigenvalue weighted by atomic mass is 9.98. The Hall–Kier alpha value is -1.71. The minimum absolute atomic E-state index is 0.163. The molecule has 0 aliphatic carbocycles. The van der Waals surface area contributed by atoms with Crippen LogP contribution in [0.1, 0.15) is 29.2 Å². The number of rotatable bonds is 3. The van der Waals surface area contributed by atoms with E-state index in [2.05, 4.69) is 41.5 Å². The first-order valence-corrected chi connectivity index (χ1v) is 7.47. The molecule has 0 aromatic heterocycles. The second-order valence-corrected chi connectivity index (χ2v) is 5.73. The van der Waals surface area contributed by atoms with E-state index in [-0.39, 0.29) is 5.82 Å². The smallest absolute Gasteiger partial charge is 0.123 e. The van der Waals surface area contributed by atoms with Gasteiger partial charge in [-0.2, -0.15) is 0 Å². The molecule has 1 atom stereocenters. The first-order valence-electron chi connectivity index (χ1n) is 7.47. The summed E-state index contributed by atoms with van der Waals surface area (Å²) in [6.45, 7) is 2.70. The second kappa shape index (κ2) is 6.37. The first-order chi connectivity index (χ1) is 10.2. The van der Waals surface area contributed by atoms with Gasteiger partial charge in [-0.3, -0.25) is 4.90 Å². The van der Waals surface area contributed by atoms with Crippen molar-refractivity contribution in [3.05, 3.63) is 71.0 Å². The van der Waals surface area contributed by atoms with Crippen molar-refractivity contribution in [3.8, 4) is 0 Å². The van der Waals surface area contributed by atoms with E-state index < -0.39 is 0 Å². The average Bonchev–Trinajstić information content (AvgIpc) is 2.69. The Balaban J connectivity index is 1.82. The van der Waals surface area contributed by atoms with Gasteiger partial charge < -0.3 is 5.32 Å². The summed E-state index contributed by atoms with van der Waals surface area (Å²) in [5.41, 5.74) is 3.78. The number of fused-ring (bicyclic) bond motifs is 1. The van der Waals surface area contributed by atoms with Crippen molar-refractivity contribution in [1.82, 2.24) is 10.2 Å². The minimum Gasteiger partial charge on any atom is -0.313 e. The van der Waals surface area contributed by atoms with E-state index in [1.54, 1.807) is 12.1 Å². The van der Waals surface area contributed by atoms with Crippen LogP contribution in [0.2, 0.25) is 0 Å². The summed E-state index contributed by atoms with van der Waals surface area (Å²) in [6, 6.07) is 15.9. The Labute approximate surface area is 125 Å². The van der Waals surface area contributed by atoms with Crippen LogP contribution in [-0.2, 0) is 13.1 Å². The van der Waals surface area contributed by atoms with Crippen molar-refractivity contribution in [3.63, 3.8) is 0 Å². The maximum absolute atomic E-state index is 13.3. The van der Waals surface area contributed by atoms with E-state index in [0.717, 1.165) is 31.6 Å². The van der Waals surface area contributed by atoms with E-state index in [0.29, 0.717) is 6.04 Å². The van der Waals surface area contributed by atoms with Crippen molar-refractivity contribution in [2.24, 2.45) is 0 Å². The molecular formula is C18H21FN2. The maximum Gasteiger partial charge on any atom is 0.123 e. The van der Waals surface area contributed by atoms with Crippen LogP contribution < -0.4 is 5.32 Å². The van der Waals surface area contributed by atoms with Gasteiger partial charge in [-0.05, 0) is 48.8 Å². The highest BCUT2D eigenvalue weighted by atomic mass is 19.1. The molecule has 0 spiro atoms. The standard InChI is InChI=1S/C18H21FN2/c1-21(13-14-5-4-7-16(19)11-14)18-9-10-20-12-15-6-2-3-8-17(15)18/h2-8,11,18,20H,9-10,12-13H2,1H3. The number of nitrogens with one attached hydrogen (secondary N) is 1. The molecule has 21 heavy (non-hydrogen) atoms. The van der Waals surface area contributed by atoms with Crippen molar-refractivity contribution < 1.29 is 4.39 Å². The van der Waals surface area contributed by atoms with E-state index in [1.165, 1.54) is 17.2 Å². The zero-order chi connectivity index (χ0) is 14.7. The molecule has 0 radical (unpaired) electrons. The van der Waals surface area contributed by atoms with Crippen molar-refractivity contribution in [2.75, 3.05) is 13.6 Å². The van der Waals surface area contributed by atoms with Gasteiger partial charge in [0.2, 0.25) is 0 Å². The summed E-state index contributed by atoms with van der Waals surface area (Å²) >= 11 is 0. The van der Waals surface area contributed by atoms with Gasteiger partial charge in [0.15, 0.2) is 0 Å². The van der Waals surface area contributed by atoms with Crippen LogP contribution in [0, 0.1) is 5.82 Å². The molecule has 0 saturated carbocycles. The van der Waals surface area contributed by atoms with Gasteiger partial charge >= 0.3 is 0 Å². The third kappa shape index (κ3) is 3.31. The molecule has 1 N–H and O–H groups in total. The summed E-state index contributed by atoms with van der Waals surface area (Å²) in [5.74, 6) is -0.163. The summed E-state index contributed by atoms with van der Waals surface area (Å²) in [4.78, 5) is 2.32. The quantitative estimate of drug-likeness (QED) is 0.928. The topological polar surface area (TPSA) is 15.3 Å². The van der Waals surface area contributed by atoms with Crippen LogP contribution >= 0.6 is 0 Å². The highest BCUT2D eigenvalue weighted by molar-refractivity contribution is 5.31. The lowest BCUT2D eigenvalue weighted by Crippen LogP contribution is -2.25. The summed E-state index contributed by atoms with van der Waals surface area (Å²) in [6.07, 6.45) is 1.07.